The second-order valence-corrected chi connectivity index (χ2v) is 11.1. The molecule has 3 aliphatic heterocycles. The maximum absolute atomic E-state index is 10.2. The van der Waals surface area contributed by atoms with Gasteiger partial charge in [-0.2, -0.15) is 0 Å². The number of allylic oxidation sites excluding steroid dienone is 3. The number of aliphatic imine (C=N–C) groups is 1. The van der Waals surface area contributed by atoms with Gasteiger partial charge in [0, 0.05) is 65.7 Å². The summed E-state index contributed by atoms with van der Waals surface area (Å²) in [6, 6.07) is 5.18. The minimum atomic E-state index is -0.0191. The third-order valence-electron chi connectivity index (χ3n) is 7.32. The molecule has 0 spiro atoms. The third-order valence-corrected chi connectivity index (χ3v) is 7.32. The number of fused-ring (bicyclic) bond motifs is 3. The highest BCUT2D eigenvalue weighted by atomic mass is 16.5. The Labute approximate surface area is 208 Å². The van der Waals surface area contributed by atoms with E-state index in [2.05, 4.69) is 80.5 Å². The van der Waals surface area contributed by atoms with Crippen LogP contribution in [-0.4, -0.2) is 53.7 Å². The normalized spacial score (nSPS) is 23.8. The molecule has 1 aromatic rings. The molecular formula is C29H36N4O2. The van der Waals surface area contributed by atoms with Crippen LogP contribution in [-0.2, 0) is 6.42 Å². The molecule has 2 unspecified atom stereocenters. The summed E-state index contributed by atoms with van der Waals surface area (Å²) in [5.74, 6) is 0.851. The molecule has 0 aromatic heterocycles. The molecule has 5 rings (SSSR count). The molecule has 4 aliphatic rings. The van der Waals surface area contributed by atoms with Crippen molar-refractivity contribution in [2.24, 2.45) is 10.4 Å². The van der Waals surface area contributed by atoms with E-state index in [1.165, 1.54) is 18.4 Å². The fraction of sp³-hybridized carbons (Fsp3) is 0.414. The van der Waals surface area contributed by atoms with Crippen molar-refractivity contribution in [1.29, 1.82) is 0 Å². The minimum Gasteiger partial charge on any atom is -0.508 e. The molecule has 0 radical (unpaired) electrons. The van der Waals surface area contributed by atoms with Gasteiger partial charge in [-0.1, -0.05) is 33.9 Å². The molecule has 1 aromatic carbocycles. The van der Waals surface area contributed by atoms with Gasteiger partial charge in [0.15, 0.2) is 6.29 Å². The van der Waals surface area contributed by atoms with Gasteiger partial charge in [0.2, 0.25) is 0 Å². The van der Waals surface area contributed by atoms with Gasteiger partial charge >= 0.3 is 0 Å². The Morgan fingerprint density at radius 3 is 2.54 bits per heavy atom. The molecule has 1 fully saturated rings. The quantitative estimate of drug-likeness (QED) is 0.575. The van der Waals surface area contributed by atoms with Crippen molar-refractivity contribution in [3.05, 3.63) is 77.4 Å². The number of nitrogens with zero attached hydrogens (tertiary/aromatic N) is 3. The summed E-state index contributed by atoms with van der Waals surface area (Å²) in [6.07, 6.45) is 11.5. The second kappa shape index (κ2) is 8.45. The molecule has 1 saturated carbocycles. The Morgan fingerprint density at radius 2 is 1.94 bits per heavy atom. The van der Waals surface area contributed by atoms with E-state index in [0.717, 1.165) is 40.1 Å². The smallest absolute Gasteiger partial charge is 0.175 e. The molecule has 0 saturated heterocycles. The zero-order valence-corrected chi connectivity index (χ0v) is 21.4. The Bertz CT molecular complexity index is 1210. The number of hydrogen-bond donors (Lipinski definition) is 2. The molecule has 3 heterocycles. The number of nitrogens with one attached hydrogen (secondary N) is 1. The van der Waals surface area contributed by atoms with Crippen LogP contribution in [0.3, 0.4) is 0 Å². The first-order chi connectivity index (χ1) is 16.6. The maximum atomic E-state index is 10.2. The highest BCUT2D eigenvalue weighted by Crippen LogP contribution is 2.46. The highest BCUT2D eigenvalue weighted by Gasteiger charge is 2.39. The fourth-order valence-electron chi connectivity index (χ4n) is 5.14. The Kier molecular flexibility index (Phi) is 5.67. The first-order valence-electron chi connectivity index (χ1n) is 12.3. The molecule has 2 atom stereocenters. The van der Waals surface area contributed by atoms with Crippen LogP contribution in [0.1, 0.15) is 50.3 Å². The van der Waals surface area contributed by atoms with E-state index in [9.17, 15) is 5.11 Å². The summed E-state index contributed by atoms with van der Waals surface area (Å²) in [5, 5.41) is 13.7. The van der Waals surface area contributed by atoms with E-state index < -0.39 is 0 Å². The fourth-order valence-corrected chi connectivity index (χ4v) is 5.14. The molecule has 6 heteroatoms. The number of hydrogen-bond acceptors (Lipinski definition) is 6. The van der Waals surface area contributed by atoms with Gasteiger partial charge in [0.1, 0.15) is 11.5 Å². The van der Waals surface area contributed by atoms with E-state index in [1.807, 2.05) is 12.4 Å². The van der Waals surface area contributed by atoms with Crippen LogP contribution in [0.2, 0.25) is 0 Å². The molecule has 6 nitrogen and oxygen atoms in total. The van der Waals surface area contributed by atoms with Gasteiger partial charge in [0.05, 0.1) is 7.11 Å². The average Bonchev–Trinajstić information content (AvgIpc) is 3.62. The number of benzene rings is 1. The van der Waals surface area contributed by atoms with E-state index in [1.54, 1.807) is 7.11 Å². The zero-order chi connectivity index (χ0) is 25.1. The first kappa shape index (κ1) is 23.5. The third kappa shape index (κ3) is 4.31. The van der Waals surface area contributed by atoms with Crippen LogP contribution in [0.4, 0.5) is 0 Å². The molecule has 35 heavy (non-hydrogen) atoms. The zero-order valence-electron chi connectivity index (χ0n) is 21.4. The summed E-state index contributed by atoms with van der Waals surface area (Å²) in [4.78, 5) is 9.19. The van der Waals surface area contributed by atoms with Crippen molar-refractivity contribution >= 4 is 17.5 Å². The van der Waals surface area contributed by atoms with E-state index in [4.69, 9.17) is 9.73 Å². The number of rotatable bonds is 5. The number of methoxy groups -OCH3 is 1. The van der Waals surface area contributed by atoms with Crippen molar-refractivity contribution in [3.63, 3.8) is 0 Å². The Balaban J connectivity index is 1.57. The van der Waals surface area contributed by atoms with Crippen molar-refractivity contribution in [1.82, 2.24) is 15.1 Å². The van der Waals surface area contributed by atoms with Crippen LogP contribution in [0.25, 0.3) is 11.3 Å². The van der Waals surface area contributed by atoms with E-state index in [-0.39, 0.29) is 23.5 Å². The van der Waals surface area contributed by atoms with Crippen LogP contribution >= 0.6 is 0 Å². The minimum absolute atomic E-state index is 0.00142. The molecule has 0 amide bonds. The Morgan fingerprint density at radius 1 is 1.20 bits per heavy atom. The predicted octanol–water partition coefficient (Wildman–Crippen LogP) is 5.23. The largest absolute Gasteiger partial charge is 0.508 e. The predicted molar refractivity (Wildman–Crippen MR) is 143 cm³/mol. The van der Waals surface area contributed by atoms with E-state index in [0.29, 0.717) is 11.6 Å². The Hall–Kier alpha value is -3.25. The highest BCUT2D eigenvalue weighted by molar-refractivity contribution is 6.11. The van der Waals surface area contributed by atoms with Gasteiger partial charge < -0.3 is 19.6 Å². The lowest BCUT2D eigenvalue weighted by Gasteiger charge is -2.47. The van der Waals surface area contributed by atoms with Crippen molar-refractivity contribution in [2.75, 3.05) is 14.2 Å². The van der Waals surface area contributed by atoms with Gasteiger partial charge in [-0.25, -0.2) is 0 Å². The number of aliphatic hydroxyl groups is 1. The van der Waals surface area contributed by atoms with Crippen LogP contribution in [0, 0.1) is 5.41 Å². The summed E-state index contributed by atoms with van der Waals surface area (Å²) < 4.78 is 5.89. The lowest BCUT2D eigenvalue weighted by molar-refractivity contribution is 0.188. The van der Waals surface area contributed by atoms with Crippen LogP contribution < -0.4 is 10.1 Å². The van der Waals surface area contributed by atoms with Crippen LogP contribution in [0.5, 0.6) is 5.75 Å². The van der Waals surface area contributed by atoms with Gasteiger partial charge in [-0.3, -0.25) is 10.3 Å². The molecule has 2 N–H and O–H groups in total. The van der Waals surface area contributed by atoms with Crippen molar-refractivity contribution < 1.29 is 9.84 Å². The summed E-state index contributed by atoms with van der Waals surface area (Å²) in [5.41, 5.74) is 6.98. The summed E-state index contributed by atoms with van der Waals surface area (Å²) >= 11 is 0. The lowest BCUT2D eigenvalue weighted by atomic mass is 9.76. The van der Waals surface area contributed by atoms with Crippen molar-refractivity contribution in [2.45, 2.75) is 58.4 Å². The first-order valence-corrected chi connectivity index (χ1v) is 12.3. The van der Waals surface area contributed by atoms with E-state index >= 15 is 0 Å². The SMILES string of the molecule is C=C(O)C1=CN2C(=CC1=C)c1cc(OC)c(C3=CN(C)C(NC4CC4)N=C3)cc1CC2C(C)(C)C. The summed E-state index contributed by atoms with van der Waals surface area (Å²) in [6.45, 7) is 14.7. The molecular weight excluding hydrogens is 436 g/mol. The molecule has 0 bridgehead atoms. The van der Waals surface area contributed by atoms with Gasteiger partial charge in [-0.15, -0.1) is 0 Å². The number of ether oxygens (including phenoxy) is 1. The molecule has 1 aliphatic carbocycles. The average molecular weight is 473 g/mol. The molecule has 184 valence electrons. The van der Waals surface area contributed by atoms with Gasteiger partial charge in [-0.05, 0) is 54.0 Å². The van der Waals surface area contributed by atoms with Gasteiger partial charge in [0.25, 0.3) is 0 Å². The second-order valence-electron chi connectivity index (χ2n) is 11.1. The summed E-state index contributed by atoms with van der Waals surface area (Å²) in [7, 11) is 3.78. The number of aliphatic hydroxyl groups excluding tert-OH is 1. The van der Waals surface area contributed by atoms with Crippen molar-refractivity contribution in [3.8, 4) is 5.75 Å². The topological polar surface area (TPSA) is 60.3 Å². The lowest BCUT2D eigenvalue weighted by Crippen LogP contribution is -2.45. The maximum Gasteiger partial charge on any atom is 0.175 e. The van der Waals surface area contributed by atoms with Crippen LogP contribution in [0.15, 0.2) is 65.7 Å². The standard InChI is InChI=1S/C29H36N4O2/c1-17-10-25-22-13-26(35-7)23(20-14-30-28(32(6)15-20)31-21-8-9-21)11-19(22)12-27(29(3,4)5)33(25)16-24(17)18(2)34/h10-11,13-16,21,27-28,31,34H,1-2,8-9,12H2,3-7H3. The monoisotopic (exact) mass is 472 g/mol.